The molecule has 0 amide bonds. The molecule has 0 saturated carbocycles. The van der Waals surface area contributed by atoms with Gasteiger partial charge in [0.25, 0.3) is 0 Å². The lowest BCUT2D eigenvalue weighted by Crippen LogP contribution is -2.33. The number of halogens is 4. The van der Waals surface area contributed by atoms with Crippen molar-refractivity contribution in [1.29, 1.82) is 0 Å². The minimum atomic E-state index is -4.45. The standard InChI is InChI=1S/C9H8F4OS/c1-15-7-4-2-3-6(5-7)14-9(12,13)8(10)11/h2-5,8H,1H3. The molecule has 0 saturated heterocycles. The van der Waals surface area contributed by atoms with Crippen LogP contribution in [-0.2, 0) is 0 Å². The van der Waals surface area contributed by atoms with Crippen LogP contribution in [0.1, 0.15) is 0 Å². The van der Waals surface area contributed by atoms with E-state index in [1.165, 1.54) is 30.0 Å². The molecule has 1 aromatic carbocycles. The second kappa shape index (κ2) is 4.74. The summed E-state index contributed by atoms with van der Waals surface area (Å²) in [7, 11) is 0. The first-order valence-electron chi connectivity index (χ1n) is 3.95. The Balaban J connectivity index is 2.80. The van der Waals surface area contributed by atoms with Gasteiger partial charge in [-0.15, -0.1) is 11.8 Å². The highest BCUT2D eigenvalue weighted by Crippen LogP contribution is 2.29. The molecule has 0 N–H and O–H groups in total. The van der Waals surface area contributed by atoms with Crippen molar-refractivity contribution in [2.45, 2.75) is 17.4 Å². The number of alkyl halides is 4. The van der Waals surface area contributed by atoms with Crippen LogP contribution >= 0.6 is 11.8 Å². The number of rotatable bonds is 4. The van der Waals surface area contributed by atoms with Gasteiger partial charge in [0.15, 0.2) is 0 Å². The van der Waals surface area contributed by atoms with Gasteiger partial charge in [-0.3, -0.25) is 0 Å². The van der Waals surface area contributed by atoms with Crippen LogP contribution in [0.3, 0.4) is 0 Å². The van der Waals surface area contributed by atoms with Crippen molar-refractivity contribution >= 4 is 11.8 Å². The van der Waals surface area contributed by atoms with E-state index in [1.54, 1.807) is 12.3 Å². The van der Waals surface area contributed by atoms with E-state index in [0.29, 0.717) is 4.90 Å². The Morgan fingerprint density at radius 3 is 2.53 bits per heavy atom. The largest absolute Gasteiger partial charge is 0.461 e. The second-order valence-electron chi connectivity index (χ2n) is 2.64. The summed E-state index contributed by atoms with van der Waals surface area (Å²) >= 11 is 1.30. The fourth-order valence-corrected chi connectivity index (χ4v) is 1.32. The molecule has 84 valence electrons. The van der Waals surface area contributed by atoms with Gasteiger partial charge in [0, 0.05) is 4.90 Å². The van der Waals surface area contributed by atoms with Gasteiger partial charge in [-0.05, 0) is 24.5 Å². The fraction of sp³-hybridized carbons (Fsp3) is 0.333. The van der Waals surface area contributed by atoms with Gasteiger partial charge in [-0.1, -0.05) is 6.07 Å². The average molecular weight is 240 g/mol. The van der Waals surface area contributed by atoms with Crippen LogP contribution in [0.15, 0.2) is 29.2 Å². The molecule has 1 rings (SSSR count). The predicted octanol–water partition coefficient (Wildman–Crippen LogP) is 3.65. The Bertz CT molecular complexity index is 330. The SMILES string of the molecule is CSc1cccc(OC(F)(F)C(F)F)c1. The summed E-state index contributed by atoms with van der Waals surface area (Å²) < 4.78 is 52.5. The lowest BCUT2D eigenvalue weighted by molar-refractivity contribution is -0.253. The fourth-order valence-electron chi connectivity index (χ4n) is 0.866. The van der Waals surface area contributed by atoms with E-state index in [9.17, 15) is 17.6 Å². The second-order valence-corrected chi connectivity index (χ2v) is 3.52. The first kappa shape index (κ1) is 12.2. The van der Waals surface area contributed by atoms with Crippen LogP contribution in [0.25, 0.3) is 0 Å². The maximum absolute atomic E-state index is 12.5. The zero-order valence-electron chi connectivity index (χ0n) is 7.72. The minimum Gasteiger partial charge on any atom is -0.428 e. The highest BCUT2D eigenvalue weighted by Gasteiger charge is 2.43. The van der Waals surface area contributed by atoms with Crippen molar-refractivity contribution in [2.75, 3.05) is 6.26 Å². The van der Waals surface area contributed by atoms with Gasteiger partial charge in [0.2, 0.25) is 0 Å². The third-order valence-corrected chi connectivity index (χ3v) is 2.27. The Hall–Kier alpha value is -0.910. The van der Waals surface area contributed by atoms with Crippen molar-refractivity contribution in [1.82, 2.24) is 0 Å². The van der Waals surface area contributed by atoms with Crippen molar-refractivity contribution in [2.24, 2.45) is 0 Å². The highest BCUT2D eigenvalue weighted by molar-refractivity contribution is 7.98. The summed E-state index contributed by atoms with van der Waals surface area (Å²) in [4.78, 5) is 0.664. The number of ether oxygens (including phenoxy) is 1. The molecule has 0 aliphatic heterocycles. The third kappa shape index (κ3) is 3.30. The normalized spacial score (nSPS) is 11.9. The molecular weight excluding hydrogens is 232 g/mol. The number of benzene rings is 1. The molecule has 0 aliphatic rings. The molecule has 0 radical (unpaired) electrons. The maximum atomic E-state index is 12.5. The van der Waals surface area contributed by atoms with Crippen LogP contribution in [-0.4, -0.2) is 18.8 Å². The van der Waals surface area contributed by atoms with E-state index in [2.05, 4.69) is 4.74 Å². The van der Waals surface area contributed by atoms with Gasteiger partial charge in [0.05, 0.1) is 0 Å². The third-order valence-electron chi connectivity index (χ3n) is 1.55. The van der Waals surface area contributed by atoms with E-state index in [4.69, 9.17) is 0 Å². The van der Waals surface area contributed by atoms with Gasteiger partial charge >= 0.3 is 12.5 Å². The van der Waals surface area contributed by atoms with E-state index < -0.39 is 12.5 Å². The van der Waals surface area contributed by atoms with E-state index in [-0.39, 0.29) is 5.75 Å². The van der Waals surface area contributed by atoms with Gasteiger partial charge in [0.1, 0.15) is 5.75 Å². The van der Waals surface area contributed by atoms with Gasteiger partial charge in [-0.2, -0.15) is 17.6 Å². The number of thioether (sulfide) groups is 1. The Labute approximate surface area is 88.4 Å². The zero-order chi connectivity index (χ0) is 11.5. The first-order valence-corrected chi connectivity index (χ1v) is 5.17. The Kier molecular flexibility index (Phi) is 3.84. The van der Waals surface area contributed by atoms with Crippen molar-refractivity contribution in [3.63, 3.8) is 0 Å². The van der Waals surface area contributed by atoms with E-state index in [1.807, 2.05) is 0 Å². The predicted molar refractivity (Wildman–Crippen MR) is 49.8 cm³/mol. The lowest BCUT2D eigenvalue weighted by atomic mass is 10.3. The average Bonchev–Trinajstić information content (AvgIpc) is 2.17. The minimum absolute atomic E-state index is 0.271. The zero-order valence-corrected chi connectivity index (χ0v) is 8.53. The van der Waals surface area contributed by atoms with Gasteiger partial charge in [-0.25, -0.2) is 0 Å². The highest BCUT2D eigenvalue weighted by atomic mass is 32.2. The van der Waals surface area contributed by atoms with Crippen LogP contribution < -0.4 is 4.74 Å². The Morgan fingerprint density at radius 2 is 2.00 bits per heavy atom. The van der Waals surface area contributed by atoms with Gasteiger partial charge < -0.3 is 4.74 Å². The van der Waals surface area contributed by atoms with E-state index >= 15 is 0 Å². The summed E-state index contributed by atoms with van der Waals surface area (Å²) in [5.41, 5.74) is 0. The molecule has 0 aliphatic carbocycles. The number of hydrogen-bond acceptors (Lipinski definition) is 2. The van der Waals surface area contributed by atoms with Crippen molar-refractivity contribution in [3.05, 3.63) is 24.3 Å². The molecule has 0 spiro atoms. The molecule has 0 aromatic heterocycles. The number of hydrogen-bond donors (Lipinski definition) is 0. The van der Waals surface area contributed by atoms with Crippen molar-refractivity contribution in [3.8, 4) is 5.75 Å². The van der Waals surface area contributed by atoms with Crippen molar-refractivity contribution < 1.29 is 22.3 Å². The molecule has 0 bridgehead atoms. The summed E-state index contributed by atoms with van der Waals surface area (Å²) in [6.45, 7) is 0. The molecule has 6 heteroatoms. The lowest BCUT2D eigenvalue weighted by Gasteiger charge is -2.16. The topological polar surface area (TPSA) is 9.23 Å². The van der Waals surface area contributed by atoms with Crippen LogP contribution in [0, 0.1) is 0 Å². The molecule has 0 unspecified atom stereocenters. The molecular formula is C9H8F4OS. The summed E-state index contributed by atoms with van der Waals surface area (Å²) in [5, 5.41) is 0. The first-order chi connectivity index (χ1) is 6.95. The molecule has 1 nitrogen and oxygen atoms in total. The molecule has 15 heavy (non-hydrogen) atoms. The maximum Gasteiger partial charge on any atom is 0.461 e. The smallest absolute Gasteiger partial charge is 0.428 e. The van der Waals surface area contributed by atoms with Crippen LogP contribution in [0.2, 0.25) is 0 Å². The molecule has 0 fully saturated rings. The molecule has 0 atom stereocenters. The van der Waals surface area contributed by atoms with Crippen LogP contribution in [0.5, 0.6) is 5.75 Å². The van der Waals surface area contributed by atoms with Crippen LogP contribution in [0.4, 0.5) is 17.6 Å². The quantitative estimate of drug-likeness (QED) is 0.587. The summed E-state index contributed by atoms with van der Waals surface area (Å²) in [5.74, 6) is -0.271. The summed E-state index contributed by atoms with van der Waals surface area (Å²) in [6.07, 6.45) is -6.54. The monoisotopic (exact) mass is 240 g/mol. The Morgan fingerprint density at radius 1 is 1.33 bits per heavy atom. The van der Waals surface area contributed by atoms with E-state index in [0.717, 1.165) is 0 Å². The molecule has 0 heterocycles. The summed E-state index contributed by atoms with van der Waals surface area (Å²) in [6, 6.07) is 5.61. The molecule has 1 aromatic rings.